The predicted octanol–water partition coefficient (Wildman–Crippen LogP) is 1.07. The number of anilines is 1. The van der Waals surface area contributed by atoms with Gasteiger partial charge in [0, 0.05) is 6.07 Å². The van der Waals surface area contributed by atoms with Crippen molar-refractivity contribution in [1.29, 1.82) is 0 Å². The number of rotatable bonds is 2. The molecule has 0 bridgehead atoms. The van der Waals surface area contributed by atoms with Crippen LogP contribution in [0.15, 0.2) is 24.3 Å². The fourth-order valence-electron chi connectivity index (χ4n) is 1.41. The van der Waals surface area contributed by atoms with Gasteiger partial charge in [0.15, 0.2) is 0 Å². The van der Waals surface area contributed by atoms with Gasteiger partial charge in [-0.1, -0.05) is 12.1 Å². The lowest BCUT2D eigenvalue weighted by molar-refractivity contribution is -0.384. The van der Waals surface area contributed by atoms with Crippen molar-refractivity contribution in [3.05, 3.63) is 40.2 Å². The van der Waals surface area contributed by atoms with Crippen LogP contribution in [0, 0.1) is 17.0 Å². The summed E-state index contributed by atoms with van der Waals surface area (Å²) in [6, 6.07) is 6.23. The summed E-state index contributed by atoms with van der Waals surface area (Å²) >= 11 is 0. The van der Waals surface area contributed by atoms with Gasteiger partial charge in [-0.3, -0.25) is 10.1 Å². The van der Waals surface area contributed by atoms with E-state index in [0.29, 0.717) is 11.5 Å². The fraction of sp³-hybridized carbons (Fsp3) is 0.111. The molecule has 0 atom stereocenters. The molecule has 0 amide bonds. The first-order valence-corrected chi connectivity index (χ1v) is 4.52. The zero-order chi connectivity index (χ0) is 11.7. The number of benzene rings is 1. The Kier molecular flexibility index (Phi) is 2.28. The first-order valence-electron chi connectivity index (χ1n) is 4.52. The van der Waals surface area contributed by atoms with Gasteiger partial charge in [0.05, 0.1) is 4.92 Å². The van der Waals surface area contributed by atoms with Crippen LogP contribution in [0.3, 0.4) is 0 Å². The maximum atomic E-state index is 10.8. The third kappa shape index (κ3) is 1.58. The van der Waals surface area contributed by atoms with Gasteiger partial charge in [0.25, 0.3) is 5.69 Å². The maximum absolute atomic E-state index is 10.8. The SMILES string of the molecule is Cc1nc(N)n(-c2ccccc2[N+](=O)[O-])n1. The zero-order valence-electron chi connectivity index (χ0n) is 8.49. The Morgan fingerprint density at radius 3 is 2.69 bits per heavy atom. The van der Waals surface area contributed by atoms with E-state index in [2.05, 4.69) is 10.1 Å². The third-order valence-corrected chi connectivity index (χ3v) is 2.04. The molecule has 2 aromatic rings. The Bertz CT molecular complexity index is 549. The summed E-state index contributed by atoms with van der Waals surface area (Å²) in [5, 5.41) is 14.8. The molecule has 16 heavy (non-hydrogen) atoms. The van der Waals surface area contributed by atoms with Crippen molar-refractivity contribution < 1.29 is 4.92 Å². The second-order valence-electron chi connectivity index (χ2n) is 3.17. The minimum atomic E-state index is -0.480. The van der Waals surface area contributed by atoms with Crippen molar-refractivity contribution in [2.24, 2.45) is 0 Å². The highest BCUT2D eigenvalue weighted by atomic mass is 16.6. The molecule has 0 aliphatic heterocycles. The van der Waals surface area contributed by atoms with Gasteiger partial charge in [0.2, 0.25) is 5.95 Å². The third-order valence-electron chi connectivity index (χ3n) is 2.04. The minimum Gasteiger partial charge on any atom is -0.368 e. The normalized spacial score (nSPS) is 10.3. The molecule has 2 N–H and O–H groups in total. The number of para-hydroxylation sites is 2. The second-order valence-corrected chi connectivity index (χ2v) is 3.17. The van der Waals surface area contributed by atoms with Crippen LogP contribution in [0.1, 0.15) is 5.82 Å². The van der Waals surface area contributed by atoms with Gasteiger partial charge >= 0.3 is 0 Å². The molecule has 0 radical (unpaired) electrons. The summed E-state index contributed by atoms with van der Waals surface area (Å²) in [5.74, 6) is 0.599. The lowest BCUT2D eigenvalue weighted by Crippen LogP contribution is -2.05. The Morgan fingerprint density at radius 1 is 1.44 bits per heavy atom. The zero-order valence-corrected chi connectivity index (χ0v) is 8.49. The molecule has 1 heterocycles. The summed E-state index contributed by atoms with van der Waals surface area (Å²) in [7, 11) is 0. The Balaban J connectivity index is 2.64. The summed E-state index contributed by atoms with van der Waals surface area (Å²) in [6.45, 7) is 1.67. The number of aryl methyl sites for hydroxylation is 1. The van der Waals surface area contributed by atoms with Crippen molar-refractivity contribution in [2.45, 2.75) is 6.92 Å². The van der Waals surface area contributed by atoms with Gasteiger partial charge in [-0.15, -0.1) is 5.10 Å². The number of aromatic nitrogens is 3. The van der Waals surface area contributed by atoms with E-state index in [-0.39, 0.29) is 11.6 Å². The molecule has 1 aromatic carbocycles. The van der Waals surface area contributed by atoms with Crippen molar-refractivity contribution in [3.8, 4) is 5.69 Å². The highest BCUT2D eigenvalue weighted by Gasteiger charge is 2.17. The van der Waals surface area contributed by atoms with Crippen LogP contribution in [0.4, 0.5) is 11.6 Å². The molecule has 82 valence electrons. The monoisotopic (exact) mass is 219 g/mol. The molecular weight excluding hydrogens is 210 g/mol. The largest absolute Gasteiger partial charge is 0.368 e. The van der Waals surface area contributed by atoms with E-state index in [1.54, 1.807) is 25.1 Å². The van der Waals surface area contributed by atoms with Crippen LogP contribution in [-0.2, 0) is 0 Å². The van der Waals surface area contributed by atoms with Gasteiger partial charge in [-0.05, 0) is 13.0 Å². The summed E-state index contributed by atoms with van der Waals surface area (Å²) < 4.78 is 1.26. The number of nitrogens with two attached hydrogens (primary N) is 1. The number of hydrogen-bond acceptors (Lipinski definition) is 5. The lowest BCUT2D eigenvalue weighted by Gasteiger charge is -2.02. The first kappa shape index (κ1) is 10.1. The summed E-state index contributed by atoms with van der Waals surface area (Å²) in [4.78, 5) is 14.2. The van der Waals surface area contributed by atoms with Crippen molar-refractivity contribution in [2.75, 3.05) is 5.73 Å². The van der Waals surface area contributed by atoms with Crippen LogP contribution in [-0.4, -0.2) is 19.7 Å². The van der Waals surface area contributed by atoms with Gasteiger partial charge < -0.3 is 5.73 Å². The molecule has 0 unspecified atom stereocenters. The summed E-state index contributed by atoms with van der Waals surface area (Å²) in [5.41, 5.74) is 5.86. The molecule has 0 fully saturated rings. The number of nitrogens with zero attached hydrogens (tertiary/aromatic N) is 4. The quantitative estimate of drug-likeness (QED) is 0.601. The van der Waals surface area contributed by atoms with Crippen LogP contribution >= 0.6 is 0 Å². The molecule has 1 aromatic heterocycles. The molecular formula is C9H9N5O2. The highest BCUT2D eigenvalue weighted by Crippen LogP contribution is 2.23. The molecule has 0 aliphatic carbocycles. The van der Waals surface area contributed by atoms with E-state index < -0.39 is 4.92 Å². The van der Waals surface area contributed by atoms with Crippen LogP contribution in [0.5, 0.6) is 0 Å². The topological polar surface area (TPSA) is 99.9 Å². The number of nitrogen functional groups attached to an aromatic ring is 1. The Morgan fingerprint density at radius 2 is 2.12 bits per heavy atom. The summed E-state index contributed by atoms with van der Waals surface area (Å²) in [6.07, 6.45) is 0. The maximum Gasteiger partial charge on any atom is 0.295 e. The predicted molar refractivity (Wildman–Crippen MR) is 57.2 cm³/mol. The first-order chi connectivity index (χ1) is 7.59. The van der Waals surface area contributed by atoms with Crippen LogP contribution in [0.25, 0.3) is 5.69 Å². The fourth-order valence-corrected chi connectivity index (χ4v) is 1.41. The Labute approximate surface area is 90.7 Å². The van der Waals surface area contributed by atoms with E-state index in [4.69, 9.17) is 5.73 Å². The van der Waals surface area contributed by atoms with E-state index >= 15 is 0 Å². The van der Waals surface area contributed by atoms with Crippen molar-refractivity contribution >= 4 is 11.6 Å². The average molecular weight is 219 g/mol. The number of hydrogen-bond donors (Lipinski definition) is 1. The minimum absolute atomic E-state index is 0.0564. The van der Waals surface area contributed by atoms with Crippen molar-refractivity contribution in [1.82, 2.24) is 14.8 Å². The molecule has 7 heteroatoms. The lowest BCUT2D eigenvalue weighted by atomic mass is 10.3. The van der Waals surface area contributed by atoms with E-state index in [1.165, 1.54) is 10.7 Å². The van der Waals surface area contributed by atoms with Gasteiger partial charge in [0.1, 0.15) is 11.5 Å². The van der Waals surface area contributed by atoms with Crippen LogP contribution in [0.2, 0.25) is 0 Å². The van der Waals surface area contributed by atoms with Crippen molar-refractivity contribution in [3.63, 3.8) is 0 Å². The number of nitro benzene ring substituents is 1. The highest BCUT2D eigenvalue weighted by molar-refractivity contribution is 5.53. The molecule has 2 rings (SSSR count). The second kappa shape index (κ2) is 3.61. The van der Waals surface area contributed by atoms with Crippen LogP contribution < -0.4 is 5.73 Å². The molecule has 0 aliphatic rings. The van der Waals surface area contributed by atoms with Gasteiger partial charge in [-0.25, -0.2) is 0 Å². The molecule has 0 saturated heterocycles. The van der Waals surface area contributed by atoms with E-state index in [9.17, 15) is 10.1 Å². The van der Waals surface area contributed by atoms with E-state index in [0.717, 1.165) is 0 Å². The number of nitro groups is 1. The smallest absolute Gasteiger partial charge is 0.295 e. The standard InChI is InChI=1S/C9H9N5O2/c1-6-11-9(10)13(12-6)7-4-2-3-5-8(7)14(15)16/h2-5H,1H3,(H2,10,11,12). The molecule has 0 saturated carbocycles. The molecule has 0 spiro atoms. The average Bonchev–Trinajstić information content (AvgIpc) is 2.57. The Hall–Kier alpha value is -2.44. The van der Waals surface area contributed by atoms with E-state index in [1.807, 2.05) is 0 Å². The van der Waals surface area contributed by atoms with Gasteiger partial charge in [-0.2, -0.15) is 9.67 Å². The molecule has 7 nitrogen and oxygen atoms in total.